The Balaban J connectivity index is 0.00000169. The molecule has 3 N–H and O–H groups in total. The minimum absolute atomic E-state index is 0. The molecule has 1 aliphatic heterocycles. The van der Waals surface area contributed by atoms with Crippen LogP contribution in [0, 0.1) is 0 Å². The molecule has 0 aromatic rings. The van der Waals surface area contributed by atoms with Crippen molar-refractivity contribution in [2.45, 2.75) is 25.8 Å². The monoisotopic (exact) mass is 187 g/mol. The van der Waals surface area contributed by atoms with Gasteiger partial charge in [-0.15, -0.1) is 0 Å². The van der Waals surface area contributed by atoms with E-state index >= 15 is 0 Å². The molecule has 0 aliphatic carbocycles. The van der Waals surface area contributed by atoms with E-state index in [-0.39, 0.29) is 13.9 Å². The molecule has 13 heavy (non-hydrogen) atoms. The van der Waals surface area contributed by atoms with Gasteiger partial charge in [0, 0.05) is 20.6 Å². The van der Waals surface area contributed by atoms with Gasteiger partial charge in [-0.1, -0.05) is 0 Å². The van der Waals surface area contributed by atoms with Gasteiger partial charge in [0.15, 0.2) is 0 Å². The Kier molecular flexibility index (Phi) is 4.18. The lowest BCUT2D eigenvalue weighted by molar-refractivity contribution is -0.129. The minimum Gasteiger partial charge on any atom is -0.340 e. The molecule has 1 unspecified atom stereocenters. The summed E-state index contributed by atoms with van der Waals surface area (Å²) in [6.45, 7) is 4.77. The molecule has 1 atom stereocenters. The fourth-order valence-corrected chi connectivity index (χ4v) is 1.71. The fourth-order valence-electron chi connectivity index (χ4n) is 1.71. The Bertz CT molecular complexity index is 171. The average molecular weight is 187 g/mol. The topological polar surface area (TPSA) is 58.4 Å². The van der Waals surface area contributed by atoms with Crippen LogP contribution in [0.1, 0.15) is 21.2 Å². The molecule has 1 rings (SSSR count). The summed E-state index contributed by atoms with van der Waals surface area (Å²) >= 11 is 0. The predicted octanol–water partition coefficient (Wildman–Crippen LogP) is -0.208. The zero-order valence-electron chi connectivity index (χ0n) is 8.25. The van der Waals surface area contributed by atoms with Crippen LogP contribution in [0.4, 0.5) is 0 Å². The molecule has 0 aromatic carbocycles. The van der Waals surface area contributed by atoms with Gasteiger partial charge in [-0.25, -0.2) is 0 Å². The smallest absolute Gasteiger partial charge is 0.236 e. The lowest BCUT2D eigenvalue weighted by atomic mass is 10.2. The highest BCUT2D eigenvalue weighted by Gasteiger charge is 2.19. The van der Waals surface area contributed by atoms with Crippen LogP contribution >= 0.6 is 0 Å². The van der Waals surface area contributed by atoms with E-state index in [1.165, 1.54) is 12.8 Å². The molecule has 1 fully saturated rings. The first kappa shape index (κ1) is 10.5. The fraction of sp³-hybridized carbons (Fsp3) is 0.889. The first-order chi connectivity index (χ1) is 6.27. The number of nitrogens with zero attached hydrogens (tertiary/aromatic N) is 1. The van der Waals surface area contributed by atoms with Crippen LogP contribution in [-0.4, -0.2) is 43.0 Å². The number of nitrogens with two attached hydrogens (primary N) is 1. The number of hydrogen-bond donors (Lipinski definition) is 2. The number of amides is 1. The molecular weight excluding hydrogens is 166 g/mol. The van der Waals surface area contributed by atoms with Crippen molar-refractivity contribution in [1.29, 1.82) is 0 Å². The van der Waals surface area contributed by atoms with Crippen LogP contribution in [0.2, 0.25) is 0 Å². The molecule has 4 nitrogen and oxygen atoms in total. The van der Waals surface area contributed by atoms with E-state index in [1.54, 1.807) is 0 Å². The summed E-state index contributed by atoms with van der Waals surface area (Å²) in [7, 11) is 0. The summed E-state index contributed by atoms with van der Waals surface area (Å²) in [6, 6.07) is 0.482. The summed E-state index contributed by atoms with van der Waals surface area (Å²) in [5, 5.41) is 3.37. The Morgan fingerprint density at radius 3 is 3.00 bits per heavy atom. The summed E-state index contributed by atoms with van der Waals surface area (Å²) in [4.78, 5) is 13.1. The second-order valence-corrected chi connectivity index (χ2v) is 3.43. The Labute approximate surface area is 80.9 Å². The van der Waals surface area contributed by atoms with Crippen LogP contribution in [0.5, 0.6) is 0 Å². The quantitative estimate of drug-likeness (QED) is 0.640. The van der Waals surface area contributed by atoms with Crippen molar-refractivity contribution in [2.75, 3.05) is 26.2 Å². The van der Waals surface area contributed by atoms with Crippen molar-refractivity contribution in [3.63, 3.8) is 0 Å². The largest absolute Gasteiger partial charge is 0.340 e. The summed E-state index contributed by atoms with van der Waals surface area (Å²) in [5.41, 5.74) is 5.31. The third kappa shape index (κ3) is 2.97. The molecule has 78 valence electrons. The normalized spacial score (nSPS) is 21.8. The van der Waals surface area contributed by atoms with Crippen molar-refractivity contribution in [3.8, 4) is 0 Å². The number of carbonyl (C=O) groups is 1. The van der Waals surface area contributed by atoms with E-state index < -0.39 is 0 Å². The molecule has 1 aliphatic rings. The molecule has 0 radical (unpaired) electrons. The Morgan fingerprint density at radius 1 is 1.77 bits per heavy atom. The van der Waals surface area contributed by atoms with E-state index in [2.05, 4.69) is 5.32 Å². The third-order valence-electron chi connectivity index (χ3n) is 2.51. The van der Waals surface area contributed by atoms with E-state index in [0.717, 1.165) is 19.6 Å². The Hall–Kier alpha value is -0.610. The van der Waals surface area contributed by atoms with Gasteiger partial charge in [0.25, 0.3) is 0 Å². The van der Waals surface area contributed by atoms with Gasteiger partial charge in [-0.2, -0.15) is 0 Å². The molecule has 0 saturated carbocycles. The first-order valence-corrected chi connectivity index (χ1v) is 4.99. The predicted molar refractivity (Wildman–Crippen MR) is 54.4 cm³/mol. The third-order valence-corrected chi connectivity index (χ3v) is 2.51. The maximum atomic E-state index is 11.3. The van der Waals surface area contributed by atoms with E-state index in [9.17, 15) is 4.79 Å². The maximum Gasteiger partial charge on any atom is 0.236 e. The van der Waals surface area contributed by atoms with Crippen LogP contribution < -0.4 is 11.1 Å². The van der Waals surface area contributed by atoms with Crippen molar-refractivity contribution in [1.82, 2.24) is 10.2 Å². The highest BCUT2D eigenvalue weighted by molar-refractivity contribution is 5.78. The van der Waals surface area contributed by atoms with Crippen LogP contribution in [0.25, 0.3) is 0 Å². The highest BCUT2D eigenvalue weighted by atomic mass is 16.2. The lowest BCUT2D eigenvalue weighted by Gasteiger charge is -2.23. The van der Waals surface area contributed by atoms with Crippen molar-refractivity contribution in [3.05, 3.63) is 0 Å². The Morgan fingerprint density at radius 2 is 2.54 bits per heavy atom. The molecule has 1 amide bonds. The maximum absolute atomic E-state index is 11.3. The number of carbonyl (C=O) groups excluding carboxylic acids is 1. The van der Waals surface area contributed by atoms with Gasteiger partial charge in [0.1, 0.15) is 0 Å². The van der Waals surface area contributed by atoms with Crippen molar-refractivity contribution in [2.24, 2.45) is 5.73 Å². The van der Waals surface area contributed by atoms with Gasteiger partial charge in [0.05, 0.1) is 6.54 Å². The standard InChI is InChI=1S/C9H19N3O.H2/c1-2-12(9(13)6-10)7-8-4-3-5-11-8;/h8,11H,2-7,10H2,1H3;1H. The average Bonchev–Trinajstić information content (AvgIpc) is 2.65. The van der Waals surface area contributed by atoms with Crippen LogP contribution in [-0.2, 0) is 4.79 Å². The molecule has 0 bridgehead atoms. The SMILES string of the molecule is CCN(CC1CCCN1)C(=O)CN.[HH]. The van der Waals surface area contributed by atoms with Gasteiger partial charge < -0.3 is 16.0 Å². The zero-order valence-corrected chi connectivity index (χ0v) is 8.25. The molecule has 4 heteroatoms. The summed E-state index contributed by atoms with van der Waals surface area (Å²) in [6.07, 6.45) is 2.40. The van der Waals surface area contributed by atoms with Gasteiger partial charge in [0.2, 0.25) is 5.91 Å². The van der Waals surface area contributed by atoms with Crippen LogP contribution in [0.15, 0.2) is 0 Å². The summed E-state index contributed by atoms with van der Waals surface area (Å²) < 4.78 is 0. The molecule has 1 heterocycles. The van der Waals surface area contributed by atoms with E-state index in [1.807, 2.05) is 11.8 Å². The van der Waals surface area contributed by atoms with Gasteiger partial charge in [-0.3, -0.25) is 4.79 Å². The molecule has 1 saturated heterocycles. The highest BCUT2D eigenvalue weighted by Crippen LogP contribution is 2.06. The molecular formula is C9H21N3O. The van der Waals surface area contributed by atoms with Gasteiger partial charge in [-0.05, 0) is 26.3 Å². The van der Waals surface area contributed by atoms with E-state index in [4.69, 9.17) is 5.73 Å². The second kappa shape index (κ2) is 5.19. The number of hydrogen-bond acceptors (Lipinski definition) is 3. The molecule has 0 spiro atoms. The second-order valence-electron chi connectivity index (χ2n) is 3.43. The van der Waals surface area contributed by atoms with Crippen molar-refractivity contribution >= 4 is 5.91 Å². The van der Waals surface area contributed by atoms with Crippen LogP contribution in [0.3, 0.4) is 0 Å². The molecule has 0 aromatic heterocycles. The number of nitrogens with one attached hydrogen (secondary N) is 1. The summed E-state index contributed by atoms with van der Waals surface area (Å²) in [5.74, 6) is 0.0520. The number of likely N-dealkylation sites (N-methyl/N-ethyl adjacent to an activating group) is 1. The number of rotatable bonds is 4. The minimum atomic E-state index is 0. The van der Waals surface area contributed by atoms with Crippen molar-refractivity contribution < 1.29 is 6.22 Å². The zero-order chi connectivity index (χ0) is 9.68. The first-order valence-electron chi connectivity index (χ1n) is 4.99. The van der Waals surface area contributed by atoms with E-state index in [0.29, 0.717) is 6.04 Å². The lowest BCUT2D eigenvalue weighted by Crippen LogP contribution is -2.43. The van der Waals surface area contributed by atoms with Gasteiger partial charge >= 0.3 is 0 Å².